The summed E-state index contributed by atoms with van der Waals surface area (Å²) in [7, 11) is 0. The highest BCUT2D eigenvalue weighted by atomic mass is 16.4. The van der Waals surface area contributed by atoms with E-state index in [1.807, 2.05) is 91.0 Å². The molecule has 0 bridgehead atoms. The lowest BCUT2D eigenvalue weighted by molar-refractivity contribution is -0.140. The van der Waals surface area contributed by atoms with Crippen molar-refractivity contribution < 1.29 is 19.5 Å². The third-order valence-electron chi connectivity index (χ3n) is 6.97. The molecule has 0 spiro atoms. The van der Waals surface area contributed by atoms with Gasteiger partial charge in [0.1, 0.15) is 0 Å². The van der Waals surface area contributed by atoms with Crippen molar-refractivity contribution in [2.24, 2.45) is 0 Å². The SMILES string of the molecule is O=C(O)CCN(CCNC(=O)N(c1ccccc1)c1ccccc1)C(=O)C1(c2ccccc2)CCCC1. The lowest BCUT2D eigenvalue weighted by Gasteiger charge is -2.35. The van der Waals surface area contributed by atoms with Crippen LogP contribution in [0.1, 0.15) is 37.7 Å². The number of hydrogen-bond donors (Lipinski definition) is 2. The van der Waals surface area contributed by atoms with Crippen LogP contribution in [0.4, 0.5) is 16.2 Å². The number of carboxylic acid groups (broad SMARTS) is 1. The number of aliphatic carboxylic acids is 1. The molecular weight excluding hydrogens is 466 g/mol. The quantitative estimate of drug-likeness (QED) is 0.394. The number of benzene rings is 3. The number of nitrogens with one attached hydrogen (secondary N) is 1. The highest BCUT2D eigenvalue weighted by molar-refractivity contribution is 5.99. The molecule has 3 aromatic carbocycles. The summed E-state index contributed by atoms with van der Waals surface area (Å²) in [6.07, 6.45) is 3.23. The predicted molar refractivity (Wildman–Crippen MR) is 144 cm³/mol. The maximum absolute atomic E-state index is 13.9. The van der Waals surface area contributed by atoms with Gasteiger partial charge in [-0.05, 0) is 42.7 Å². The molecule has 0 unspecified atom stereocenters. The summed E-state index contributed by atoms with van der Waals surface area (Å²) in [6, 6.07) is 28.2. The van der Waals surface area contributed by atoms with Gasteiger partial charge in [0.05, 0.1) is 23.2 Å². The fourth-order valence-electron chi connectivity index (χ4n) is 5.12. The number of anilines is 2. The zero-order valence-electron chi connectivity index (χ0n) is 20.9. The lowest BCUT2D eigenvalue weighted by Crippen LogP contribution is -2.49. The molecule has 3 aromatic rings. The van der Waals surface area contributed by atoms with Crippen molar-refractivity contribution in [3.8, 4) is 0 Å². The number of carbonyl (C=O) groups excluding carboxylic acids is 2. The number of urea groups is 1. The number of hydrogen-bond acceptors (Lipinski definition) is 3. The summed E-state index contributed by atoms with van der Waals surface area (Å²) < 4.78 is 0. The van der Waals surface area contributed by atoms with E-state index in [9.17, 15) is 19.5 Å². The van der Waals surface area contributed by atoms with Crippen molar-refractivity contribution >= 4 is 29.3 Å². The maximum atomic E-state index is 13.9. The summed E-state index contributed by atoms with van der Waals surface area (Å²) in [6.45, 7) is 0.523. The van der Waals surface area contributed by atoms with Crippen LogP contribution >= 0.6 is 0 Å². The fourth-order valence-corrected chi connectivity index (χ4v) is 5.12. The van der Waals surface area contributed by atoms with Crippen molar-refractivity contribution in [2.45, 2.75) is 37.5 Å². The predicted octanol–water partition coefficient (Wildman–Crippen LogP) is 5.35. The van der Waals surface area contributed by atoms with Gasteiger partial charge < -0.3 is 15.3 Å². The Morgan fingerprint density at radius 2 is 1.27 bits per heavy atom. The molecule has 3 amide bonds. The number of carboxylic acids is 1. The summed E-state index contributed by atoms with van der Waals surface area (Å²) in [5.74, 6) is -1.02. The molecule has 4 rings (SSSR count). The first-order valence-corrected chi connectivity index (χ1v) is 12.8. The van der Waals surface area contributed by atoms with Crippen LogP contribution in [-0.2, 0) is 15.0 Å². The molecule has 7 heteroatoms. The Morgan fingerprint density at radius 3 is 1.78 bits per heavy atom. The first-order valence-electron chi connectivity index (χ1n) is 12.8. The monoisotopic (exact) mass is 499 g/mol. The summed E-state index contributed by atoms with van der Waals surface area (Å²) in [5.41, 5.74) is 1.77. The molecule has 0 heterocycles. The lowest BCUT2D eigenvalue weighted by atomic mass is 9.77. The molecule has 0 saturated heterocycles. The average Bonchev–Trinajstić information content (AvgIpc) is 3.43. The second-order valence-electron chi connectivity index (χ2n) is 9.33. The molecule has 1 saturated carbocycles. The molecule has 7 nitrogen and oxygen atoms in total. The highest BCUT2D eigenvalue weighted by Gasteiger charge is 2.44. The van der Waals surface area contributed by atoms with Gasteiger partial charge >= 0.3 is 12.0 Å². The molecular formula is C30H33N3O4. The average molecular weight is 500 g/mol. The van der Waals surface area contributed by atoms with Gasteiger partial charge in [-0.2, -0.15) is 0 Å². The molecule has 1 aliphatic carbocycles. The van der Waals surface area contributed by atoms with E-state index in [1.165, 1.54) is 0 Å². The third-order valence-corrected chi connectivity index (χ3v) is 6.97. The van der Waals surface area contributed by atoms with Crippen molar-refractivity contribution in [3.63, 3.8) is 0 Å². The summed E-state index contributed by atoms with van der Waals surface area (Å²) >= 11 is 0. The van der Waals surface area contributed by atoms with Crippen LogP contribution in [0.15, 0.2) is 91.0 Å². The summed E-state index contributed by atoms with van der Waals surface area (Å²) in [5, 5.41) is 12.3. The van der Waals surface area contributed by atoms with Gasteiger partial charge in [0.25, 0.3) is 0 Å². The zero-order chi connectivity index (χ0) is 26.1. The fraction of sp³-hybridized carbons (Fsp3) is 0.300. The highest BCUT2D eigenvalue weighted by Crippen LogP contribution is 2.42. The van der Waals surface area contributed by atoms with Crippen molar-refractivity contribution in [2.75, 3.05) is 24.5 Å². The van der Waals surface area contributed by atoms with Crippen LogP contribution in [-0.4, -0.2) is 47.5 Å². The second-order valence-corrected chi connectivity index (χ2v) is 9.33. The maximum Gasteiger partial charge on any atom is 0.326 e. The van der Waals surface area contributed by atoms with Gasteiger partial charge in [0.2, 0.25) is 5.91 Å². The number of rotatable bonds is 10. The molecule has 1 aliphatic rings. The van der Waals surface area contributed by atoms with Gasteiger partial charge in [0, 0.05) is 19.6 Å². The Bertz CT molecular complexity index is 1140. The Hall–Kier alpha value is -4.13. The van der Waals surface area contributed by atoms with Crippen LogP contribution < -0.4 is 10.2 Å². The number of carbonyl (C=O) groups is 3. The van der Waals surface area contributed by atoms with Crippen molar-refractivity contribution in [1.29, 1.82) is 0 Å². The summed E-state index contributed by atoms with van der Waals surface area (Å²) in [4.78, 5) is 41.8. The van der Waals surface area contributed by atoms with Crippen LogP contribution in [0.3, 0.4) is 0 Å². The molecule has 0 aliphatic heterocycles. The molecule has 1 fully saturated rings. The largest absolute Gasteiger partial charge is 0.481 e. The minimum Gasteiger partial charge on any atom is -0.481 e. The molecule has 2 N–H and O–H groups in total. The normalized spacial score (nSPS) is 14.1. The Labute approximate surface area is 217 Å². The standard InChI is InChI=1S/C30H33N3O4/c34-27(35)18-22-32(28(36)30(19-10-11-20-30)24-12-4-1-5-13-24)23-21-31-29(37)33(25-14-6-2-7-15-25)26-16-8-3-9-17-26/h1-9,12-17H,10-11,18-23H2,(H,31,37)(H,34,35). The van der Waals surface area contributed by atoms with Crippen molar-refractivity contribution in [1.82, 2.24) is 10.2 Å². The molecule has 0 aromatic heterocycles. The first-order chi connectivity index (χ1) is 18.0. The number of nitrogens with zero attached hydrogens (tertiary/aromatic N) is 2. The Balaban J connectivity index is 1.50. The van der Waals surface area contributed by atoms with E-state index >= 15 is 0 Å². The van der Waals surface area contributed by atoms with E-state index < -0.39 is 11.4 Å². The van der Waals surface area contributed by atoms with Gasteiger partial charge in [-0.15, -0.1) is 0 Å². The van der Waals surface area contributed by atoms with E-state index in [2.05, 4.69) is 5.32 Å². The van der Waals surface area contributed by atoms with Gasteiger partial charge in [-0.1, -0.05) is 79.6 Å². The zero-order valence-corrected chi connectivity index (χ0v) is 20.9. The van der Waals surface area contributed by atoms with E-state index in [4.69, 9.17) is 0 Å². The smallest absolute Gasteiger partial charge is 0.326 e. The second kappa shape index (κ2) is 12.2. The Kier molecular flexibility index (Phi) is 8.56. The van der Waals surface area contributed by atoms with Crippen LogP contribution in [0.25, 0.3) is 0 Å². The van der Waals surface area contributed by atoms with Gasteiger partial charge in [0.15, 0.2) is 0 Å². The van der Waals surface area contributed by atoms with E-state index in [0.29, 0.717) is 0 Å². The van der Waals surface area contributed by atoms with E-state index in [0.717, 1.165) is 42.6 Å². The minimum atomic E-state index is -0.957. The van der Waals surface area contributed by atoms with Crippen LogP contribution in [0.5, 0.6) is 0 Å². The Morgan fingerprint density at radius 1 is 0.757 bits per heavy atom. The number of para-hydroxylation sites is 2. The molecule has 0 atom stereocenters. The van der Waals surface area contributed by atoms with E-state index in [1.54, 1.807) is 9.80 Å². The van der Waals surface area contributed by atoms with Crippen LogP contribution in [0, 0.1) is 0 Å². The minimum absolute atomic E-state index is 0.0605. The third kappa shape index (κ3) is 6.17. The van der Waals surface area contributed by atoms with Crippen molar-refractivity contribution in [3.05, 3.63) is 96.6 Å². The molecule has 37 heavy (non-hydrogen) atoms. The molecule has 0 radical (unpaired) electrons. The topological polar surface area (TPSA) is 89.9 Å². The first kappa shape index (κ1) is 25.9. The van der Waals surface area contributed by atoms with Gasteiger partial charge in [-0.3, -0.25) is 14.5 Å². The van der Waals surface area contributed by atoms with Gasteiger partial charge in [-0.25, -0.2) is 4.79 Å². The van der Waals surface area contributed by atoms with Crippen LogP contribution in [0.2, 0.25) is 0 Å². The van der Waals surface area contributed by atoms with E-state index in [-0.39, 0.29) is 38.0 Å². The number of amides is 3. The molecule has 192 valence electrons.